The quantitative estimate of drug-likeness (QED) is 0.777. The molecule has 6 heteroatoms. The Kier molecular flexibility index (Phi) is 6.68. The molecule has 2 rings (SSSR count). The summed E-state index contributed by atoms with van der Waals surface area (Å²) in [5, 5.41) is 14.6. The van der Waals surface area contributed by atoms with Crippen molar-refractivity contribution in [2.24, 2.45) is 0 Å². The Morgan fingerprint density at radius 3 is 2.46 bits per heavy atom. The fourth-order valence-electron chi connectivity index (χ4n) is 2.97. The van der Waals surface area contributed by atoms with E-state index in [1.807, 2.05) is 19.1 Å². The van der Waals surface area contributed by atoms with Gasteiger partial charge in [0.2, 0.25) is 11.8 Å². The smallest absolute Gasteiger partial charge is 0.245 e. The lowest BCUT2D eigenvalue weighted by Gasteiger charge is -2.36. The fraction of sp³-hybridized carbons (Fsp3) is 0.500. The topological polar surface area (TPSA) is 82.0 Å². The summed E-state index contributed by atoms with van der Waals surface area (Å²) in [6, 6.07) is 9.20. The predicted octanol–water partition coefficient (Wildman–Crippen LogP) is 2.61. The fourth-order valence-corrected chi connectivity index (χ4v) is 3.67. The molecule has 0 radical (unpaired) electrons. The van der Waals surface area contributed by atoms with E-state index in [1.165, 1.54) is 11.8 Å². The average Bonchev–Trinajstić information content (AvgIpc) is 2.61. The molecule has 1 aromatic rings. The third kappa shape index (κ3) is 4.75. The van der Waals surface area contributed by atoms with E-state index in [9.17, 15) is 9.59 Å². The van der Waals surface area contributed by atoms with E-state index >= 15 is 0 Å². The number of nitrogens with one attached hydrogen (secondary N) is 2. The standard InChI is InChI=1S/C18H23N3O2S/c1-2-20-17(23)18(10-4-3-5-11-18)21-16(22)13-24-15-8-6-14(12-19)7-9-15/h6-9H,2-5,10-11,13H2,1H3,(H,20,23)(H,21,22). The van der Waals surface area contributed by atoms with Crippen LogP contribution in [0.1, 0.15) is 44.6 Å². The Morgan fingerprint density at radius 2 is 1.88 bits per heavy atom. The van der Waals surface area contributed by atoms with Crippen LogP contribution < -0.4 is 10.6 Å². The minimum absolute atomic E-state index is 0.0681. The van der Waals surface area contributed by atoms with Gasteiger partial charge in [-0.3, -0.25) is 9.59 Å². The largest absolute Gasteiger partial charge is 0.354 e. The van der Waals surface area contributed by atoms with Crippen LogP contribution >= 0.6 is 11.8 Å². The van der Waals surface area contributed by atoms with Crippen LogP contribution in [0, 0.1) is 11.3 Å². The molecule has 0 saturated heterocycles. The Balaban J connectivity index is 1.94. The Morgan fingerprint density at radius 1 is 1.21 bits per heavy atom. The molecule has 0 aromatic heterocycles. The summed E-state index contributed by atoms with van der Waals surface area (Å²) in [4.78, 5) is 25.7. The highest BCUT2D eigenvalue weighted by Crippen LogP contribution is 2.29. The summed E-state index contributed by atoms with van der Waals surface area (Å²) < 4.78 is 0. The van der Waals surface area contributed by atoms with Gasteiger partial charge in [0.15, 0.2) is 0 Å². The van der Waals surface area contributed by atoms with E-state index < -0.39 is 5.54 Å². The number of rotatable bonds is 6. The summed E-state index contributed by atoms with van der Waals surface area (Å²) in [5.41, 5.74) is -0.155. The maximum atomic E-state index is 12.4. The van der Waals surface area contributed by atoms with Crippen LogP contribution in [0.15, 0.2) is 29.2 Å². The number of carbonyl (C=O) groups excluding carboxylic acids is 2. The van der Waals surface area contributed by atoms with Crippen LogP contribution in [-0.2, 0) is 9.59 Å². The predicted molar refractivity (Wildman–Crippen MR) is 94.5 cm³/mol. The lowest BCUT2D eigenvalue weighted by Crippen LogP contribution is -2.60. The van der Waals surface area contributed by atoms with Gasteiger partial charge in [0.05, 0.1) is 17.4 Å². The lowest BCUT2D eigenvalue weighted by molar-refractivity contribution is -0.134. The molecular formula is C18H23N3O2S. The van der Waals surface area contributed by atoms with E-state index in [4.69, 9.17) is 5.26 Å². The van der Waals surface area contributed by atoms with Crippen molar-refractivity contribution in [2.45, 2.75) is 49.5 Å². The average molecular weight is 345 g/mol. The summed E-state index contributed by atoms with van der Waals surface area (Å²) in [5.74, 6) is 0.0616. The molecule has 0 aliphatic heterocycles. The second kappa shape index (κ2) is 8.74. The van der Waals surface area contributed by atoms with Crippen molar-refractivity contribution in [3.8, 4) is 6.07 Å². The molecular weight excluding hydrogens is 322 g/mol. The molecule has 2 N–H and O–H groups in total. The minimum Gasteiger partial charge on any atom is -0.354 e. The van der Waals surface area contributed by atoms with E-state index in [1.54, 1.807) is 12.1 Å². The van der Waals surface area contributed by atoms with Gasteiger partial charge >= 0.3 is 0 Å². The molecule has 0 bridgehead atoms. The number of hydrogen-bond acceptors (Lipinski definition) is 4. The molecule has 1 aromatic carbocycles. The summed E-state index contributed by atoms with van der Waals surface area (Å²) in [7, 11) is 0. The van der Waals surface area contributed by atoms with Gasteiger partial charge < -0.3 is 10.6 Å². The van der Waals surface area contributed by atoms with Crippen LogP contribution in [0.2, 0.25) is 0 Å². The molecule has 24 heavy (non-hydrogen) atoms. The molecule has 128 valence electrons. The van der Waals surface area contributed by atoms with Crippen molar-refractivity contribution in [3.05, 3.63) is 29.8 Å². The molecule has 1 fully saturated rings. The maximum absolute atomic E-state index is 12.4. The van der Waals surface area contributed by atoms with Crippen LogP contribution in [0.4, 0.5) is 0 Å². The summed E-state index contributed by atoms with van der Waals surface area (Å²) in [6.45, 7) is 2.45. The van der Waals surface area contributed by atoms with Crippen molar-refractivity contribution in [1.82, 2.24) is 10.6 Å². The van der Waals surface area contributed by atoms with Crippen molar-refractivity contribution >= 4 is 23.6 Å². The molecule has 5 nitrogen and oxygen atoms in total. The van der Waals surface area contributed by atoms with Crippen molar-refractivity contribution < 1.29 is 9.59 Å². The van der Waals surface area contributed by atoms with E-state index in [-0.39, 0.29) is 17.6 Å². The first kappa shape index (κ1) is 18.3. The zero-order chi connectivity index (χ0) is 17.4. The molecule has 1 saturated carbocycles. The van der Waals surface area contributed by atoms with Gasteiger partial charge in [0.25, 0.3) is 0 Å². The first-order valence-electron chi connectivity index (χ1n) is 8.32. The second-order valence-corrected chi connectivity index (χ2v) is 7.02. The Labute approximate surface area is 147 Å². The SMILES string of the molecule is CCNC(=O)C1(NC(=O)CSc2ccc(C#N)cc2)CCCCC1. The van der Waals surface area contributed by atoms with Crippen LogP contribution in [-0.4, -0.2) is 29.7 Å². The van der Waals surface area contributed by atoms with Gasteiger partial charge in [-0.25, -0.2) is 0 Å². The maximum Gasteiger partial charge on any atom is 0.245 e. The monoisotopic (exact) mass is 345 g/mol. The lowest BCUT2D eigenvalue weighted by atomic mass is 9.80. The number of benzene rings is 1. The van der Waals surface area contributed by atoms with Gasteiger partial charge in [0, 0.05) is 11.4 Å². The minimum atomic E-state index is -0.753. The number of hydrogen-bond donors (Lipinski definition) is 2. The van der Waals surface area contributed by atoms with Crippen molar-refractivity contribution in [2.75, 3.05) is 12.3 Å². The zero-order valence-electron chi connectivity index (χ0n) is 13.9. The number of thioether (sulfide) groups is 1. The highest BCUT2D eigenvalue weighted by molar-refractivity contribution is 8.00. The number of carbonyl (C=O) groups is 2. The molecule has 0 heterocycles. The third-order valence-corrected chi connectivity index (χ3v) is 5.22. The summed E-state index contributed by atoms with van der Waals surface area (Å²) >= 11 is 1.41. The molecule has 2 amide bonds. The number of nitriles is 1. The van der Waals surface area contributed by atoms with Gasteiger partial charge in [0.1, 0.15) is 5.54 Å². The normalized spacial score (nSPS) is 16.0. The number of likely N-dealkylation sites (N-methyl/N-ethyl adjacent to an activating group) is 1. The number of amides is 2. The molecule has 1 aliphatic carbocycles. The Hall–Kier alpha value is -2.00. The van der Waals surface area contributed by atoms with Gasteiger partial charge in [-0.1, -0.05) is 19.3 Å². The summed E-state index contributed by atoms with van der Waals surface area (Å²) in [6.07, 6.45) is 4.43. The first-order chi connectivity index (χ1) is 11.6. The number of nitrogens with zero attached hydrogens (tertiary/aromatic N) is 1. The van der Waals surface area contributed by atoms with Crippen LogP contribution in [0.3, 0.4) is 0 Å². The molecule has 1 aliphatic rings. The zero-order valence-corrected chi connectivity index (χ0v) is 14.7. The van der Waals surface area contributed by atoms with Crippen molar-refractivity contribution in [3.63, 3.8) is 0 Å². The van der Waals surface area contributed by atoms with Crippen molar-refractivity contribution in [1.29, 1.82) is 5.26 Å². The van der Waals surface area contributed by atoms with E-state index in [0.29, 0.717) is 24.9 Å². The van der Waals surface area contributed by atoms with E-state index in [2.05, 4.69) is 16.7 Å². The molecule has 0 spiro atoms. The third-order valence-electron chi connectivity index (χ3n) is 4.21. The molecule has 0 unspecified atom stereocenters. The Bertz CT molecular complexity index is 616. The second-order valence-electron chi connectivity index (χ2n) is 5.98. The van der Waals surface area contributed by atoms with E-state index in [0.717, 1.165) is 24.2 Å². The van der Waals surface area contributed by atoms with Crippen LogP contribution in [0.25, 0.3) is 0 Å². The van der Waals surface area contributed by atoms with Gasteiger partial charge in [-0.15, -0.1) is 11.8 Å². The highest BCUT2D eigenvalue weighted by Gasteiger charge is 2.40. The van der Waals surface area contributed by atoms with Gasteiger partial charge in [-0.05, 0) is 44.0 Å². The molecule has 0 atom stereocenters. The van der Waals surface area contributed by atoms with Crippen LogP contribution in [0.5, 0.6) is 0 Å². The first-order valence-corrected chi connectivity index (χ1v) is 9.30. The highest BCUT2D eigenvalue weighted by atomic mass is 32.2. The van der Waals surface area contributed by atoms with Gasteiger partial charge in [-0.2, -0.15) is 5.26 Å².